The van der Waals surface area contributed by atoms with E-state index in [0.717, 1.165) is 0 Å². The van der Waals surface area contributed by atoms with Gasteiger partial charge in [-0.15, -0.1) is 0 Å². The summed E-state index contributed by atoms with van der Waals surface area (Å²) in [4.78, 5) is 1.61. The number of aliphatic hydroxyl groups excluding tert-OH is 6. The molecule has 3 heterocycles. The second kappa shape index (κ2) is 17.9. The summed E-state index contributed by atoms with van der Waals surface area (Å²) in [5.74, 6) is -1.93. The van der Waals surface area contributed by atoms with Crippen molar-refractivity contribution in [1.29, 1.82) is 0 Å². The Morgan fingerprint density at radius 3 is 1.73 bits per heavy atom. The average molecular weight is 740 g/mol. The molecule has 0 amide bonds. The van der Waals surface area contributed by atoms with Crippen LogP contribution in [0.15, 0.2) is 0 Å². The fourth-order valence-electron chi connectivity index (χ4n) is 9.13. The van der Waals surface area contributed by atoms with Crippen LogP contribution in [-0.4, -0.2) is 169 Å². The van der Waals surface area contributed by atoms with Crippen LogP contribution in [0.4, 0.5) is 0 Å². The predicted molar refractivity (Wildman–Crippen MR) is 186 cm³/mol. The second-order valence-corrected chi connectivity index (χ2v) is 15.1. The van der Waals surface area contributed by atoms with Gasteiger partial charge in [0.2, 0.25) is 0 Å². The summed E-state index contributed by atoms with van der Waals surface area (Å²) < 4.78 is 31.8. The van der Waals surface area contributed by atoms with E-state index in [-0.39, 0.29) is 32.1 Å². The minimum absolute atomic E-state index is 0.0572. The summed E-state index contributed by atoms with van der Waals surface area (Å²) in [5, 5.41) is 91.1. The maximum atomic E-state index is 13.1. The van der Waals surface area contributed by atoms with Crippen LogP contribution in [0, 0.1) is 0 Å². The van der Waals surface area contributed by atoms with Gasteiger partial charge in [-0.25, -0.2) is 0 Å². The van der Waals surface area contributed by atoms with Crippen molar-refractivity contribution < 1.29 is 64.5 Å². The van der Waals surface area contributed by atoms with E-state index in [0.29, 0.717) is 32.1 Å². The second-order valence-electron chi connectivity index (χ2n) is 15.1. The van der Waals surface area contributed by atoms with Crippen molar-refractivity contribution in [2.45, 2.75) is 188 Å². The van der Waals surface area contributed by atoms with Gasteiger partial charge in [-0.1, -0.05) is 66.7 Å². The SMILES string of the molecule is CCC[C@]1(CO)O[C@](CCC)(OC2[C@@H](CO)O[C@@H](OC3[C@@H](CO)O[C@@H](O)[C@H](N)[C@H]3O)[C@H](N(C)C)[C@H]2O)[C@@](N)(CCC)[C@](O)(CCC)[C@@]1(O)CCC. The van der Waals surface area contributed by atoms with Crippen molar-refractivity contribution >= 4 is 0 Å². The third kappa shape index (κ3) is 7.52. The van der Waals surface area contributed by atoms with Crippen molar-refractivity contribution in [3.63, 3.8) is 0 Å². The molecule has 51 heavy (non-hydrogen) atoms. The molecule has 0 radical (unpaired) electrons. The standard InChI is InChI=1S/C35H69N3O13/c1-8-13-31(20-41)33(45,15-10-3)34(46,16-11-4)32(37,14-9-2)35(51-31,17-12-5)50-28-22(19-40)48-30(24(26(28)43)38(6)7)49-27-21(18-39)47-29(44)23(36)25(27)42/h21-30,39-46H,8-20,36-37H2,1-7H3/t21-,22-,23-,24-,25-,26-,27?,28?,29-,30+,31-,32-,33-,34-,35+/m1/s1. The van der Waals surface area contributed by atoms with Crippen LogP contribution in [0.2, 0.25) is 0 Å². The molecule has 0 bridgehead atoms. The molecule has 0 aliphatic carbocycles. The number of hydrogen-bond acceptors (Lipinski definition) is 16. The van der Waals surface area contributed by atoms with Gasteiger partial charge in [-0.2, -0.15) is 0 Å². The predicted octanol–water partition coefficient (Wildman–Crippen LogP) is -1.22. The summed E-state index contributed by atoms with van der Waals surface area (Å²) in [6.07, 6.45) is -8.26. The van der Waals surface area contributed by atoms with Crippen LogP contribution in [-0.2, 0) is 23.7 Å². The van der Waals surface area contributed by atoms with E-state index in [1.54, 1.807) is 19.0 Å². The minimum atomic E-state index is -2.05. The van der Waals surface area contributed by atoms with E-state index < -0.39 is 109 Å². The first-order valence-electron chi connectivity index (χ1n) is 18.8. The Morgan fingerprint density at radius 2 is 1.24 bits per heavy atom. The Balaban J connectivity index is 2.21. The maximum absolute atomic E-state index is 13.1. The normalized spacial score (nSPS) is 46.5. The molecule has 0 aromatic heterocycles. The monoisotopic (exact) mass is 739 g/mol. The molecule has 15 atom stereocenters. The Labute approximate surface area is 302 Å². The van der Waals surface area contributed by atoms with Gasteiger partial charge in [0.05, 0.1) is 31.9 Å². The van der Waals surface area contributed by atoms with Crippen molar-refractivity contribution in [3.8, 4) is 0 Å². The van der Waals surface area contributed by atoms with Gasteiger partial charge in [0, 0.05) is 6.42 Å². The number of hydrogen-bond donors (Lipinski definition) is 10. The summed E-state index contributed by atoms with van der Waals surface area (Å²) >= 11 is 0. The fourth-order valence-corrected chi connectivity index (χ4v) is 9.13. The minimum Gasteiger partial charge on any atom is -0.394 e. The highest BCUT2D eigenvalue weighted by molar-refractivity contribution is 5.29. The zero-order valence-electron chi connectivity index (χ0n) is 31.7. The van der Waals surface area contributed by atoms with Crippen LogP contribution in [0.3, 0.4) is 0 Å². The number of aliphatic hydroxyl groups is 8. The number of nitrogens with two attached hydrogens (primary N) is 2. The van der Waals surface area contributed by atoms with E-state index in [1.807, 2.05) is 34.6 Å². The summed E-state index contributed by atoms with van der Waals surface area (Å²) in [6, 6.07) is -2.30. The Kier molecular flexibility index (Phi) is 15.7. The molecule has 0 aromatic rings. The van der Waals surface area contributed by atoms with Crippen LogP contribution in [0.1, 0.15) is 98.8 Å². The van der Waals surface area contributed by atoms with Crippen LogP contribution >= 0.6 is 0 Å². The molecule has 0 aromatic carbocycles. The van der Waals surface area contributed by atoms with Crippen LogP contribution < -0.4 is 11.5 Å². The lowest BCUT2D eigenvalue weighted by molar-refractivity contribution is -0.463. The molecule has 16 heteroatoms. The topological polar surface area (TPSA) is 263 Å². The fraction of sp³-hybridized carbons (Fsp3) is 1.00. The van der Waals surface area contributed by atoms with E-state index >= 15 is 0 Å². The van der Waals surface area contributed by atoms with Gasteiger partial charge in [-0.05, 0) is 39.8 Å². The summed E-state index contributed by atoms with van der Waals surface area (Å²) in [7, 11) is 3.31. The molecule has 3 saturated heterocycles. The number of rotatable bonds is 18. The highest BCUT2D eigenvalue weighted by atomic mass is 16.8. The molecule has 12 N–H and O–H groups in total. The smallest absolute Gasteiger partial charge is 0.190 e. The number of ether oxygens (including phenoxy) is 5. The first kappa shape index (κ1) is 44.8. The molecule has 2 unspecified atom stereocenters. The van der Waals surface area contributed by atoms with Crippen LogP contribution in [0.25, 0.3) is 0 Å². The zero-order valence-corrected chi connectivity index (χ0v) is 31.7. The molecular formula is C35H69N3O13. The van der Waals surface area contributed by atoms with Crippen molar-refractivity contribution in [1.82, 2.24) is 4.90 Å². The van der Waals surface area contributed by atoms with Gasteiger partial charge in [0.15, 0.2) is 18.4 Å². The van der Waals surface area contributed by atoms with Gasteiger partial charge in [-0.3, -0.25) is 4.90 Å². The van der Waals surface area contributed by atoms with Gasteiger partial charge in [0.25, 0.3) is 0 Å². The van der Waals surface area contributed by atoms with Crippen molar-refractivity contribution in [3.05, 3.63) is 0 Å². The zero-order chi connectivity index (χ0) is 38.6. The first-order chi connectivity index (χ1) is 24.0. The summed E-state index contributed by atoms with van der Waals surface area (Å²) in [5.41, 5.74) is 5.85. The third-order valence-electron chi connectivity index (χ3n) is 11.5. The Hall–Kier alpha value is -0.640. The van der Waals surface area contributed by atoms with Crippen LogP contribution in [0.5, 0.6) is 0 Å². The largest absolute Gasteiger partial charge is 0.394 e. The first-order valence-corrected chi connectivity index (χ1v) is 18.8. The molecule has 3 aliphatic rings. The van der Waals surface area contributed by atoms with E-state index in [1.165, 1.54) is 0 Å². The molecule has 3 fully saturated rings. The molecule has 0 spiro atoms. The summed E-state index contributed by atoms with van der Waals surface area (Å²) in [6.45, 7) is 7.44. The quantitative estimate of drug-likeness (QED) is 0.0790. The van der Waals surface area contributed by atoms with Gasteiger partial charge in [0.1, 0.15) is 59.0 Å². The molecular weight excluding hydrogens is 670 g/mol. The van der Waals surface area contributed by atoms with Crippen molar-refractivity contribution in [2.24, 2.45) is 11.5 Å². The highest BCUT2D eigenvalue weighted by Crippen LogP contribution is 2.61. The average Bonchev–Trinajstić information content (AvgIpc) is 3.08. The molecule has 0 saturated carbocycles. The van der Waals surface area contributed by atoms with E-state index in [4.69, 9.17) is 35.2 Å². The molecule has 3 aliphatic heterocycles. The van der Waals surface area contributed by atoms with Crippen molar-refractivity contribution in [2.75, 3.05) is 33.9 Å². The number of likely N-dealkylation sites (N-methyl/N-ethyl adjacent to an activating group) is 1. The van der Waals surface area contributed by atoms with Gasteiger partial charge >= 0.3 is 0 Å². The number of nitrogens with zero attached hydrogens (tertiary/aromatic N) is 1. The highest BCUT2D eigenvalue weighted by Gasteiger charge is 2.79. The lowest BCUT2D eigenvalue weighted by Crippen LogP contribution is -2.91. The molecule has 16 nitrogen and oxygen atoms in total. The lowest BCUT2D eigenvalue weighted by Gasteiger charge is -2.71. The van der Waals surface area contributed by atoms with E-state index in [9.17, 15) is 40.9 Å². The third-order valence-corrected chi connectivity index (χ3v) is 11.5. The van der Waals surface area contributed by atoms with Gasteiger partial charge < -0.3 is 76.0 Å². The maximum Gasteiger partial charge on any atom is 0.190 e. The molecule has 302 valence electrons. The Bertz CT molecular complexity index is 1080. The molecule has 3 rings (SSSR count). The Morgan fingerprint density at radius 1 is 0.706 bits per heavy atom. The lowest BCUT2D eigenvalue weighted by atomic mass is 9.52. The van der Waals surface area contributed by atoms with E-state index in [2.05, 4.69) is 0 Å².